The number of fused-ring (bicyclic) bond motifs is 3. The van der Waals surface area contributed by atoms with E-state index in [0.29, 0.717) is 5.92 Å². The van der Waals surface area contributed by atoms with Crippen molar-refractivity contribution in [1.82, 2.24) is 0 Å². The van der Waals surface area contributed by atoms with Crippen molar-refractivity contribution >= 4 is 11.1 Å². The standard InChI is InChI=1S/C31H25F3/c32-31(33,34)24-11-7-10-22(19-24)29-25-12-3-5-14-27(25)30(28-15-6-4-13-26(28)29)23-17-16-20-8-1-2-9-21(20)18-23/h1-12,14-15,17-18,20,22,26H,13,16,19H2. The van der Waals surface area contributed by atoms with E-state index >= 15 is 0 Å². The smallest absolute Gasteiger partial charge is 0.166 e. The van der Waals surface area contributed by atoms with Gasteiger partial charge >= 0.3 is 6.18 Å². The Balaban J connectivity index is 1.57. The molecule has 5 aliphatic rings. The number of hydrogen-bond donors (Lipinski definition) is 0. The van der Waals surface area contributed by atoms with E-state index < -0.39 is 11.7 Å². The van der Waals surface area contributed by atoms with Gasteiger partial charge in [-0.2, -0.15) is 13.2 Å². The highest BCUT2D eigenvalue weighted by Gasteiger charge is 2.39. The van der Waals surface area contributed by atoms with E-state index in [-0.39, 0.29) is 18.3 Å². The average molecular weight is 455 g/mol. The summed E-state index contributed by atoms with van der Waals surface area (Å²) in [5.41, 5.74) is 5.67. The number of alkyl halides is 3. The van der Waals surface area contributed by atoms with Crippen LogP contribution in [0.25, 0.3) is 11.1 Å². The zero-order chi connectivity index (χ0) is 23.3. The number of hydrogen-bond acceptors (Lipinski definition) is 0. The molecule has 0 saturated heterocycles. The highest BCUT2D eigenvalue weighted by molar-refractivity contribution is 5.88. The Kier molecular flexibility index (Phi) is 5.09. The Labute approximate surface area is 197 Å². The van der Waals surface area contributed by atoms with Gasteiger partial charge in [0, 0.05) is 23.3 Å². The van der Waals surface area contributed by atoms with E-state index in [9.17, 15) is 13.2 Å². The first kappa shape index (κ1) is 21.2. The van der Waals surface area contributed by atoms with Gasteiger partial charge in [-0.1, -0.05) is 97.2 Å². The predicted octanol–water partition coefficient (Wildman–Crippen LogP) is 6.57. The molecule has 0 heterocycles. The Bertz CT molecular complexity index is 1410. The van der Waals surface area contributed by atoms with Crippen molar-refractivity contribution in [2.75, 3.05) is 0 Å². The van der Waals surface area contributed by atoms with Crippen LogP contribution < -0.4 is 10.4 Å². The first-order chi connectivity index (χ1) is 16.5. The Morgan fingerprint density at radius 3 is 2.50 bits per heavy atom. The van der Waals surface area contributed by atoms with Crippen molar-refractivity contribution in [3.63, 3.8) is 0 Å². The van der Waals surface area contributed by atoms with Crippen molar-refractivity contribution in [1.29, 1.82) is 0 Å². The van der Waals surface area contributed by atoms with Gasteiger partial charge < -0.3 is 0 Å². The maximum absolute atomic E-state index is 13.6. The van der Waals surface area contributed by atoms with E-state index in [2.05, 4.69) is 66.8 Å². The molecule has 0 N–H and O–H groups in total. The lowest BCUT2D eigenvalue weighted by atomic mass is 9.68. The minimum Gasteiger partial charge on any atom is -0.166 e. The minimum absolute atomic E-state index is 0.00193. The lowest BCUT2D eigenvalue weighted by molar-refractivity contribution is -0.0946. The van der Waals surface area contributed by atoms with Gasteiger partial charge in [-0.3, -0.25) is 0 Å². The first-order valence-electron chi connectivity index (χ1n) is 11.9. The summed E-state index contributed by atoms with van der Waals surface area (Å²) >= 11 is 0. The number of allylic oxidation sites excluding steroid dienone is 16. The van der Waals surface area contributed by atoms with E-state index in [1.807, 2.05) is 18.2 Å². The van der Waals surface area contributed by atoms with Gasteiger partial charge in [0.25, 0.3) is 0 Å². The molecule has 3 atom stereocenters. The quantitative estimate of drug-likeness (QED) is 0.474. The molecular weight excluding hydrogens is 429 g/mol. The SMILES string of the molecule is FC(F)(F)C1=CC=CC(C2=c3ccccc3=C(C3=CCC4C=CC=CC4=C3)C3=CC=CCC32)C1. The molecule has 1 aromatic carbocycles. The molecule has 0 spiro atoms. The third-order valence-electron chi connectivity index (χ3n) is 7.55. The van der Waals surface area contributed by atoms with Gasteiger partial charge in [0.15, 0.2) is 0 Å². The molecule has 170 valence electrons. The summed E-state index contributed by atoms with van der Waals surface area (Å²) in [7, 11) is 0. The van der Waals surface area contributed by atoms with E-state index in [4.69, 9.17) is 0 Å². The Morgan fingerprint density at radius 1 is 0.824 bits per heavy atom. The molecular formula is C31H25F3. The summed E-state index contributed by atoms with van der Waals surface area (Å²) in [4.78, 5) is 0. The third-order valence-corrected chi connectivity index (χ3v) is 7.55. The molecule has 0 aromatic heterocycles. The molecule has 6 rings (SSSR count). The highest BCUT2D eigenvalue weighted by atomic mass is 19.4. The lowest BCUT2D eigenvalue weighted by Gasteiger charge is -2.36. The van der Waals surface area contributed by atoms with Crippen LogP contribution in [0.4, 0.5) is 13.2 Å². The summed E-state index contributed by atoms with van der Waals surface area (Å²) in [5.74, 6) is 0.237. The number of rotatable bonds is 2. The van der Waals surface area contributed by atoms with Crippen molar-refractivity contribution in [3.8, 4) is 0 Å². The largest absolute Gasteiger partial charge is 0.412 e. The molecule has 0 aliphatic heterocycles. The summed E-state index contributed by atoms with van der Waals surface area (Å²) in [5, 5.41) is 2.22. The van der Waals surface area contributed by atoms with Crippen LogP contribution in [-0.4, -0.2) is 6.18 Å². The molecule has 3 heteroatoms. The van der Waals surface area contributed by atoms with E-state index in [0.717, 1.165) is 28.9 Å². The van der Waals surface area contributed by atoms with Crippen LogP contribution in [0.1, 0.15) is 19.3 Å². The predicted molar refractivity (Wildman–Crippen MR) is 132 cm³/mol. The maximum Gasteiger partial charge on any atom is 0.412 e. The molecule has 0 radical (unpaired) electrons. The minimum atomic E-state index is -4.29. The normalized spacial score (nSPS) is 27.3. The van der Waals surface area contributed by atoms with E-state index in [1.54, 1.807) is 6.08 Å². The van der Waals surface area contributed by atoms with Crippen LogP contribution in [0.15, 0.2) is 119 Å². The fourth-order valence-electron chi connectivity index (χ4n) is 6.00. The monoisotopic (exact) mass is 454 g/mol. The highest BCUT2D eigenvalue weighted by Crippen LogP contribution is 2.46. The van der Waals surface area contributed by atoms with Crippen LogP contribution in [0, 0.1) is 17.8 Å². The summed E-state index contributed by atoms with van der Waals surface area (Å²) in [6.07, 6.45) is 21.9. The molecule has 0 bridgehead atoms. The van der Waals surface area contributed by atoms with Crippen LogP contribution in [-0.2, 0) is 0 Å². The lowest BCUT2D eigenvalue weighted by Crippen LogP contribution is -2.40. The van der Waals surface area contributed by atoms with Gasteiger partial charge in [-0.25, -0.2) is 0 Å². The van der Waals surface area contributed by atoms with Gasteiger partial charge in [0.05, 0.1) is 0 Å². The Hall–Kier alpha value is -3.33. The van der Waals surface area contributed by atoms with Crippen LogP contribution in [0.5, 0.6) is 0 Å². The molecule has 0 fully saturated rings. The zero-order valence-electron chi connectivity index (χ0n) is 18.7. The molecule has 1 aromatic rings. The topological polar surface area (TPSA) is 0 Å². The van der Waals surface area contributed by atoms with Crippen molar-refractivity contribution in [3.05, 3.63) is 130 Å². The second-order valence-corrected chi connectivity index (χ2v) is 9.49. The van der Waals surface area contributed by atoms with Gasteiger partial charge in [0.1, 0.15) is 0 Å². The molecule has 0 saturated carbocycles. The third kappa shape index (κ3) is 3.55. The second-order valence-electron chi connectivity index (χ2n) is 9.49. The first-order valence-corrected chi connectivity index (χ1v) is 11.9. The molecule has 3 unspecified atom stereocenters. The fourth-order valence-corrected chi connectivity index (χ4v) is 6.00. The number of halogens is 3. The van der Waals surface area contributed by atoms with Crippen molar-refractivity contribution in [2.24, 2.45) is 17.8 Å². The van der Waals surface area contributed by atoms with E-state index in [1.165, 1.54) is 28.4 Å². The molecule has 5 aliphatic carbocycles. The van der Waals surface area contributed by atoms with Crippen LogP contribution in [0.3, 0.4) is 0 Å². The summed E-state index contributed by atoms with van der Waals surface area (Å²) in [6, 6.07) is 8.28. The van der Waals surface area contributed by atoms with Gasteiger partial charge in [-0.05, 0) is 57.6 Å². The van der Waals surface area contributed by atoms with Gasteiger partial charge in [-0.15, -0.1) is 0 Å². The molecule has 0 amide bonds. The summed E-state index contributed by atoms with van der Waals surface area (Å²) < 4.78 is 40.8. The summed E-state index contributed by atoms with van der Waals surface area (Å²) in [6.45, 7) is 0. The van der Waals surface area contributed by atoms with Crippen LogP contribution in [0.2, 0.25) is 0 Å². The van der Waals surface area contributed by atoms with Gasteiger partial charge in [0.2, 0.25) is 0 Å². The number of benzene rings is 1. The second kappa shape index (κ2) is 8.16. The zero-order valence-corrected chi connectivity index (χ0v) is 18.7. The fraction of sp³-hybridized carbons (Fsp3) is 0.226. The Morgan fingerprint density at radius 2 is 1.65 bits per heavy atom. The molecule has 34 heavy (non-hydrogen) atoms. The molecule has 0 nitrogen and oxygen atoms in total. The van der Waals surface area contributed by atoms with Crippen molar-refractivity contribution in [2.45, 2.75) is 25.4 Å². The maximum atomic E-state index is 13.6. The van der Waals surface area contributed by atoms with Crippen LogP contribution >= 0.6 is 0 Å². The average Bonchev–Trinajstić information content (AvgIpc) is 2.86. The van der Waals surface area contributed by atoms with Crippen molar-refractivity contribution < 1.29 is 13.2 Å².